The molecule has 0 bridgehead atoms. The summed E-state index contributed by atoms with van der Waals surface area (Å²) in [6.07, 6.45) is -7.58. The molecule has 1 heterocycles. The van der Waals surface area contributed by atoms with Crippen molar-refractivity contribution < 1.29 is 32.6 Å². The van der Waals surface area contributed by atoms with Gasteiger partial charge in [-0.3, -0.25) is 10.1 Å². The molecule has 1 aromatic carbocycles. The molecule has 0 saturated heterocycles. The Bertz CT molecular complexity index is 898. The average molecular weight is 427 g/mol. The number of anilines is 1. The quantitative estimate of drug-likeness (QED) is 0.641. The summed E-state index contributed by atoms with van der Waals surface area (Å²) in [4.78, 5) is 25.8. The fourth-order valence-electron chi connectivity index (χ4n) is 2.72. The predicted octanol–water partition coefficient (Wildman–Crippen LogP) is 4.77. The third-order valence-electron chi connectivity index (χ3n) is 3.70. The van der Waals surface area contributed by atoms with E-state index in [1.54, 1.807) is 0 Å². The van der Waals surface area contributed by atoms with Gasteiger partial charge in [0.2, 0.25) is 0 Å². The standard InChI is InChI=1S/C16H15Cl2F3N2O4/c1-3-27-14(25)23-13-12(15(26,6-7(2)24)16(19,20)21)11-9(18)4-8(17)5-10(11)22-13/h4-5,22,26H,3,6H2,1-2H3,(H,23,25). The van der Waals surface area contributed by atoms with Gasteiger partial charge < -0.3 is 14.8 Å². The van der Waals surface area contributed by atoms with Gasteiger partial charge >= 0.3 is 12.3 Å². The van der Waals surface area contributed by atoms with Gasteiger partial charge in [-0.25, -0.2) is 4.79 Å². The summed E-state index contributed by atoms with van der Waals surface area (Å²) in [5.74, 6) is -1.43. The molecule has 0 aliphatic heterocycles. The number of halogens is 5. The van der Waals surface area contributed by atoms with Gasteiger partial charge in [-0.1, -0.05) is 23.2 Å². The lowest BCUT2D eigenvalue weighted by Crippen LogP contribution is -2.44. The van der Waals surface area contributed by atoms with Crippen molar-refractivity contribution >= 4 is 51.8 Å². The molecule has 1 amide bonds. The minimum atomic E-state index is -5.25. The van der Waals surface area contributed by atoms with E-state index in [2.05, 4.69) is 15.0 Å². The first-order chi connectivity index (χ1) is 12.4. The second-order valence-corrected chi connectivity index (χ2v) is 6.61. The SMILES string of the molecule is CCOC(=O)Nc1[nH]c2cc(Cl)cc(Cl)c2c1C(O)(CC(C)=O)C(F)(F)F. The molecule has 2 rings (SSSR count). The lowest BCUT2D eigenvalue weighted by Gasteiger charge is -2.30. The molecular weight excluding hydrogens is 412 g/mol. The van der Waals surface area contributed by atoms with Gasteiger partial charge in [0.15, 0.2) is 5.60 Å². The Hall–Kier alpha value is -1.97. The summed E-state index contributed by atoms with van der Waals surface area (Å²) in [7, 11) is 0. The first-order valence-corrected chi connectivity index (χ1v) is 8.39. The van der Waals surface area contributed by atoms with Crippen LogP contribution in [0, 0.1) is 0 Å². The van der Waals surface area contributed by atoms with Gasteiger partial charge in [0, 0.05) is 22.4 Å². The van der Waals surface area contributed by atoms with E-state index >= 15 is 0 Å². The number of Topliss-reactive ketones (excluding diaryl/α,β-unsaturated/α-hetero) is 1. The minimum absolute atomic E-state index is 0.0283. The molecule has 11 heteroatoms. The number of aromatic amines is 1. The van der Waals surface area contributed by atoms with E-state index in [1.165, 1.54) is 19.1 Å². The van der Waals surface area contributed by atoms with Crippen LogP contribution in [0.4, 0.5) is 23.8 Å². The molecule has 0 aliphatic carbocycles. The first kappa shape index (κ1) is 21.3. The van der Waals surface area contributed by atoms with E-state index in [0.29, 0.717) is 0 Å². The fraction of sp³-hybridized carbons (Fsp3) is 0.375. The first-order valence-electron chi connectivity index (χ1n) is 7.64. The molecular formula is C16H15Cl2F3N2O4. The van der Waals surface area contributed by atoms with Crippen molar-refractivity contribution in [1.82, 2.24) is 4.98 Å². The molecule has 6 nitrogen and oxygen atoms in total. The van der Waals surface area contributed by atoms with Gasteiger partial charge in [0.05, 0.1) is 17.1 Å². The van der Waals surface area contributed by atoms with Crippen molar-refractivity contribution in [2.24, 2.45) is 0 Å². The molecule has 0 saturated carbocycles. The van der Waals surface area contributed by atoms with Gasteiger partial charge in [-0.2, -0.15) is 13.2 Å². The molecule has 1 unspecified atom stereocenters. The summed E-state index contributed by atoms with van der Waals surface area (Å²) in [6.45, 7) is 2.37. The van der Waals surface area contributed by atoms with Crippen molar-refractivity contribution in [2.75, 3.05) is 11.9 Å². The Morgan fingerprint density at radius 3 is 2.44 bits per heavy atom. The molecule has 1 aromatic heterocycles. The number of aliphatic hydroxyl groups is 1. The van der Waals surface area contributed by atoms with Gasteiger partial charge in [-0.15, -0.1) is 0 Å². The highest BCUT2D eigenvalue weighted by Gasteiger charge is 2.58. The maximum atomic E-state index is 13.8. The highest BCUT2D eigenvalue weighted by Crippen LogP contribution is 2.49. The predicted molar refractivity (Wildman–Crippen MR) is 94.2 cm³/mol. The lowest BCUT2D eigenvalue weighted by atomic mass is 9.87. The second-order valence-electron chi connectivity index (χ2n) is 5.77. The maximum Gasteiger partial charge on any atom is 0.422 e. The number of amides is 1. The monoisotopic (exact) mass is 426 g/mol. The zero-order chi connectivity index (χ0) is 20.6. The number of carbonyl (C=O) groups excluding carboxylic acids is 2. The summed E-state index contributed by atoms with van der Waals surface area (Å²) < 4.78 is 46.1. The summed E-state index contributed by atoms with van der Waals surface area (Å²) in [6, 6.07) is 2.45. The molecule has 148 valence electrons. The van der Waals surface area contributed by atoms with Crippen molar-refractivity contribution in [2.45, 2.75) is 32.0 Å². The van der Waals surface area contributed by atoms with Crippen LogP contribution in [-0.2, 0) is 15.1 Å². The molecule has 3 N–H and O–H groups in total. The number of benzene rings is 1. The molecule has 2 aromatic rings. The van der Waals surface area contributed by atoms with Crippen LogP contribution < -0.4 is 5.32 Å². The van der Waals surface area contributed by atoms with Crippen LogP contribution in [0.3, 0.4) is 0 Å². The number of hydrogen-bond donors (Lipinski definition) is 3. The molecule has 0 fully saturated rings. The van der Waals surface area contributed by atoms with Crippen LogP contribution in [0.25, 0.3) is 10.9 Å². The minimum Gasteiger partial charge on any atom is -0.450 e. The van der Waals surface area contributed by atoms with Crippen LogP contribution in [-0.4, -0.2) is 34.8 Å². The van der Waals surface area contributed by atoms with E-state index in [4.69, 9.17) is 23.2 Å². The Labute approximate surface area is 161 Å². The number of rotatable bonds is 5. The summed E-state index contributed by atoms with van der Waals surface area (Å²) >= 11 is 11.9. The topological polar surface area (TPSA) is 91.4 Å². The Morgan fingerprint density at radius 1 is 1.30 bits per heavy atom. The van der Waals surface area contributed by atoms with Crippen LogP contribution >= 0.6 is 23.2 Å². The zero-order valence-electron chi connectivity index (χ0n) is 14.1. The highest BCUT2D eigenvalue weighted by atomic mass is 35.5. The van der Waals surface area contributed by atoms with E-state index < -0.39 is 41.5 Å². The number of carbonyl (C=O) groups is 2. The van der Waals surface area contributed by atoms with Crippen molar-refractivity contribution in [3.63, 3.8) is 0 Å². The van der Waals surface area contributed by atoms with Crippen molar-refractivity contribution in [1.29, 1.82) is 0 Å². The number of aromatic nitrogens is 1. The molecule has 0 radical (unpaired) electrons. The normalized spacial score (nSPS) is 14.1. The number of ether oxygens (including phenoxy) is 1. The van der Waals surface area contributed by atoms with Crippen LogP contribution in [0.1, 0.15) is 25.8 Å². The smallest absolute Gasteiger partial charge is 0.422 e. The maximum absolute atomic E-state index is 13.8. The summed E-state index contributed by atoms with van der Waals surface area (Å²) in [5, 5.41) is 12.3. The molecule has 0 aliphatic rings. The number of H-pyrrole nitrogens is 1. The Morgan fingerprint density at radius 2 is 1.93 bits per heavy atom. The Balaban J connectivity index is 2.84. The van der Waals surface area contributed by atoms with Gasteiger partial charge in [-0.05, 0) is 26.0 Å². The number of nitrogens with one attached hydrogen (secondary N) is 2. The zero-order valence-corrected chi connectivity index (χ0v) is 15.6. The highest BCUT2D eigenvalue weighted by molar-refractivity contribution is 6.39. The lowest BCUT2D eigenvalue weighted by molar-refractivity contribution is -0.266. The van der Waals surface area contributed by atoms with E-state index in [0.717, 1.165) is 6.92 Å². The van der Waals surface area contributed by atoms with Crippen LogP contribution in [0.15, 0.2) is 12.1 Å². The fourth-order valence-corrected chi connectivity index (χ4v) is 3.30. The van der Waals surface area contributed by atoms with Crippen molar-refractivity contribution in [3.8, 4) is 0 Å². The number of hydrogen-bond acceptors (Lipinski definition) is 4. The average Bonchev–Trinajstić information content (AvgIpc) is 2.83. The molecule has 1 atom stereocenters. The van der Waals surface area contributed by atoms with Crippen LogP contribution in [0.2, 0.25) is 10.0 Å². The summed E-state index contributed by atoms with van der Waals surface area (Å²) in [5.41, 5.74) is -4.38. The van der Waals surface area contributed by atoms with Crippen LogP contribution in [0.5, 0.6) is 0 Å². The van der Waals surface area contributed by atoms with Crippen molar-refractivity contribution in [3.05, 3.63) is 27.7 Å². The largest absolute Gasteiger partial charge is 0.450 e. The molecule has 0 spiro atoms. The molecule has 27 heavy (non-hydrogen) atoms. The Kier molecular flexibility index (Phi) is 5.98. The van der Waals surface area contributed by atoms with E-state index in [1.807, 2.05) is 0 Å². The third-order valence-corrected chi connectivity index (χ3v) is 4.22. The van der Waals surface area contributed by atoms with E-state index in [-0.39, 0.29) is 27.6 Å². The van der Waals surface area contributed by atoms with Gasteiger partial charge in [0.1, 0.15) is 11.6 Å². The van der Waals surface area contributed by atoms with Gasteiger partial charge in [0.25, 0.3) is 0 Å². The third kappa shape index (κ3) is 4.15. The number of ketones is 1. The number of fused-ring (bicyclic) bond motifs is 1. The van der Waals surface area contributed by atoms with E-state index in [9.17, 15) is 27.9 Å². The second kappa shape index (κ2) is 7.57. The number of alkyl halides is 3.